The van der Waals surface area contributed by atoms with Gasteiger partial charge in [0, 0.05) is 6.54 Å². The monoisotopic (exact) mass is 389 g/mol. The van der Waals surface area contributed by atoms with Crippen LogP contribution in [0.3, 0.4) is 0 Å². The Bertz CT molecular complexity index is 911. The molecule has 3 aromatic rings. The summed E-state index contributed by atoms with van der Waals surface area (Å²) in [5.74, 6) is -1.05. The number of halogens is 1. The van der Waals surface area contributed by atoms with Crippen LogP contribution in [0, 0.1) is 5.82 Å². The van der Waals surface area contributed by atoms with Gasteiger partial charge in [0.2, 0.25) is 5.82 Å². The quantitative estimate of drug-likeness (QED) is 0.619. The summed E-state index contributed by atoms with van der Waals surface area (Å²) in [4.78, 5) is 25.9. The topological polar surface area (TPSA) is 99.0 Å². The second-order valence-corrected chi connectivity index (χ2v) is 6.54. The molecule has 10 heteroatoms. The lowest BCUT2D eigenvalue weighted by molar-refractivity contribution is -0.155. The van der Waals surface area contributed by atoms with E-state index in [0.29, 0.717) is 5.82 Å². The largest absolute Gasteiger partial charge is 0.451 e. The Morgan fingerprint density at radius 3 is 2.78 bits per heavy atom. The van der Waals surface area contributed by atoms with E-state index in [9.17, 15) is 14.0 Å². The third-order valence-corrected chi connectivity index (χ3v) is 4.39. The lowest BCUT2D eigenvalue weighted by Crippen LogP contribution is -2.36. The number of nitrogens with one attached hydrogen (secondary N) is 1. The van der Waals surface area contributed by atoms with Crippen LogP contribution in [-0.2, 0) is 27.4 Å². The summed E-state index contributed by atoms with van der Waals surface area (Å²) in [6.45, 7) is 1.41. The number of aromatic nitrogens is 4. The first-order valence-electron chi connectivity index (χ1n) is 8.04. The lowest BCUT2D eigenvalue weighted by atomic mass is 10.2. The van der Waals surface area contributed by atoms with E-state index in [4.69, 9.17) is 4.74 Å². The van der Waals surface area contributed by atoms with Gasteiger partial charge in [0.25, 0.3) is 5.91 Å². The van der Waals surface area contributed by atoms with Crippen LogP contribution in [0.25, 0.3) is 10.7 Å². The second-order valence-electron chi connectivity index (χ2n) is 5.60. The summed E-state index contributed by atoms with van der Waals surface area (Å²) in [6, 6.07) is 9.45. The van der Waals surface area contributed by atoms with Crippen molar-refractivity contribution in [3.8, 4) is 10.7 Å². The van der Waals surface area contributed by atoms with Crippen LogP contribution in [0.15, 0.2) is 41.8 Å². The maximum absolute atomic E-state index is 12.9. The van der Waals surface area contributed by atoms with Crippen molar-refractivity contribution in [3.05, 3.63) is 53.2 Å². The number of esters is 1. The van der Waals surface area contributed by atoms with Crippen LogP contribution >= 0.6 is 11.3 Å². The minimum atomic E-state index is -0.988. The number of amides is 1. The van der Waals surface area contributed by atoms with Gasteiger partial charge >= 0.3 is 5.97 Å². The molecule has 1 aromatic carbocycles. The van der Waals surface area contributed by atoms with Gasteiger partial charge in [-0.2, -0.15) is 4.80 Å². The highest BCUT2D eigenvalue weighted by Crippen LogP contribution is 2.19. The smallest absolute Gasteiger partial charge is 0.330 e. The fourth-order valence-corrected chi connectivity index (χ4v) is 2.80. The Hall–Kier alpha value is -3.14. The number of thiophene rings is 1. The molecule has 0 saturated heterocycles. The van der Waals surface area contributed by atoms with Gasteiger partial charge in [-0.1, -0.05) is 18.2 Å². The molecule has 1 N–H and O–H groups in total. The first kappa shape index (κ1) is 18.6. The van der Waals surface area contributed by atoms with Crippen LogP contribution < -0.4 is 5.32 Å². The van der Waals surface area contributed by atoms with E-state index in [2.05, 4.69) is 20.7 Å². The molecule has 2 aromatic heterocycles. The molecule has 3 rings (SSSR count). The highest BCUT2D eigenvalue weighted by atomic mass is 32.1. The predicted octanol–water partition coefficient (Wildman–Crippen LogP) is 1.79. The average Bonchev–Trinajstić information content (AvgIpc) is 3.32. The van der Waals surface area contributed by atoms with Gasteiger partial charge in [0.1, 0.15) is 5.82 Å². The summed E-state index contributed by atoms with van der Waals surface area (Å²) in [7, 11) is 0. The summed E-state index contributed by atoms with van der Waals surface area (Å²) < 4.78 is 17.9. The molecular weight excluding hydrogens is 373 g/mol. The normalized spacial score (nSPS) is 11.8. The number of tetrazole rings is 1. The molecule has 0 aliphatic rings. The Morgan fingerprint density at radius 1 is 1.30 bits per heavy atom. The number of ether oxygens (including phenoxy) is 1. The van der Waals surface area contributed by atoms with Gasteiger partial charge in [-0.15, -0.1) is 21.5 Å². The molecule has 0 radical (unpaired) electrons. The number of carbonyl (C=O) groups is 2. The molecule has 0 aliphatic carbocycles. The predicted molar refractivity (Wildman–Crippen MR) is 94.9 cm³/mol. The van der Waals surface area contributed by atoms with Crippen molar-refractivity contribution in [1.82, 2.24) is 25.5 Å². The van der Waals surface area contributed by atoms with E-state index in [1.54, 1.807) is 12.1 Å². The summed E-state index contributed by atoms with van der Waals surface area (Å²) >= 11 is 1.46. The Labute approximate surface area is 158 Å². The Kier molecular flexibility index (Phi) is 5.87. The number of nitrogens with zero attached hydrogens (tertiary/aromatic N) is 4. The minimum absolute atomic E-state index is 0.204. The SMILES string of the molecule is C[C@@H](OC(=O)Cn1nnc(-c2cccs2)n1)C(=O)NCc1ccc(F)cc1. The number of hydrogen-bond donors (Lipinski definition) is 1. The number of carbonyl (C=O) groups excluding carboxylic acids is 2. The van der Waals surface area contributed by atoms with Gasteiger partial charge in [-0.25, -0.2) is 9.18 Å². The molecule has 1 amide bonds. The highest BCUT2D eigenvalue weighted by molar-refractivity contribution is 7.13. The average molecular weight is 389 g/mol. The molecular formula is C17H16FN5O3S. The highest BCUT2D eigenvalue weighted by Gasteiger charge is 2.19. The van der Waals surface area contributed by atoms with Crippen LogP contribution in [-0.4, -0.2) is 38.2 Å². The van der Waals surface area contributed by atoms with Crippen LogP contribution in [0.5, 0.6) is 0 Å². The number of hydrogen-bond acceptors (Lipinski definition) is 7. The molecule has 0 bridgehead atoms. The molecule has 8 nitrogen and oxygen atoms in total. The molecule has 1 atom stereocenters. The zero-order valence-electron chi connectivity index (χ0n) is 14.3. The Balaban J connectivity index is 1.46. The van der Waals surface area contributed by atoms with E-state index in [-0.39, 0.29) is 18.9 Å². The van der Waals surface area contributed by atoms with Crippen molar-refractivity contribution in [2.45, 2.75) is 26.1 Å². The molecule has 0 unspecified atom stereocenters. The van der Waals surface area contributed by atoms with Crippen molar-refractivity contribution in [2.75, 3.05) is 0 Å². The standard InChI is InChI=1S/C17H16FN5O3S/c1-11(17(25)19-9-12-4-6-13(18)7-5-12)26-15(24)10-23-21-16(20-22-23)14-3-2-8-27-14/h2-8,11H,9-10H2,1H3,(H,19,25)/t11-/m1/s1. The van der Waals surface area contributed by atoms with Gasteiger partial charge in [-0.05, 0) is 41.3 Å². The minimum Gasteiger partial charge on any atom is -0.451 e. The zero-order valence-corrected chi connectivity index (χ0v) is 15.1. The summed E-state index contributed by atoms with van der Waals surface area (Å²) in [5, 5.41) is 16.3. The first-order chi connectivity index (χ1) is 13.0. The van der Waals surface area contributed by atoms with E-state index < -0.39 is 18.0 Å². The van der Waals surface area contributed by atoms with Gasteiger partial charge in [0.15, 0.2) is 12.6 Å². The van der Waals surface area contributed by atoms with Crippen molar-refractivity contribution in [2.24, 2.45) is 0 Å². The maximum atomic E-state index is 12.9. The van der Waals surface area contributed by atoms with Crippen LogP contribution in [0.1, 0.15) is 12.5 Å². The van der Waals surface area contributed by atoms with Crippen molar-refractivity contribution >= 4 is 23.2 Å². The van der Waals surface area contributed by atoms with Crippen molar-refractivity contribution < 1.29 is 18.7 Å². The third kappa shape index (κ3) is 5.17. The van der Waals surface area contributed by atoms with Gasteiger partial charge in [-0.3, -0.25) is 4.79 Å². The van der Waals surface area contributed by atoms with Crippen LogP contribution in [0.2, 0.25) is 0 Å². The third-order valence-electron chi connectivity index (χ3n) is 3.52. The molecule has 0 spiro atoms. The molecule has 0 saturated carbocycles. The molecule has 2 heterocycles. The van der Waals surface area contributed by atoms with Crippen molar-refractivity contribution in [1.29, 1.82) is 0 Å². The van der Waals surface area contributed by atoms with Crippen molar-refractivity contribution in [3.63, 3.8) is 0 Å². The lowest BCUT2D eigenvalue weighted by Gasteiger charge is -2.13. The zero-order chi connectivity index (χ0) is 19.2. The van der Waals surface area contributed by atoms with Crippen LogP contribution in [0.4, 0.5) is 4.39 Å². The number of rotatable bonds is 7. The molecule has 0 fully saturated rings. The Morgan fingerprint density at radius 2 is 2.07 bits per heavy atom. The summed E-state index contributed by atoms with van der Waals surface area (Å²) in [5.41, 5.74) is 0.733. The summed E-state index contributed by atoms with van der Waals surface area (Å²) in [6.07, 6.45) is -0.988. The van der Waals surface area contributed by atoms with E-state index >= 15 is 0 Å². The van der Waals surface area contributed by atoms with E-state index in [0.717, 1.165) is 15.2 Å². The second kappa shape index (κ2) is 8.49. The fourth-order valence-electron chi connectivity index (χ4n) is 2.15. The van der Waals surface area contributed by atoms with E-state index in [1.807, 2.05) is 17.5 Å². The van der Waals surface area contributed by atoms with Gasteiger partial charge < -0.3 is 10.1 Å². The van der Waals surface area contributed by atoms with Gasteiger partial charge in [0.05, 0.1) is 4.88 Å². The molecule has 27 heavy (non-hydrogen) atoms. The molecule has 0 aliphatic heterocycles. The first-order valence-corrected chi connectivity index (χ1v) is 8.92. The molecule has 140 valence electrons. The maximum Gasteiger partial charge on any atom is 0.330 e. The number of benzene rings is 1. The van der Waals surface area contributed by atoms with E-state index in [1.165, 1.54) is 30.4 Å². The fraction of sp³-hybridized carbons (Fsp3) is 0.235.